The topological polar surface area (TPSA) is 80.5 Å². The molecule has 0 saturated heterocycles. The van der Waals surface area contributed by atoms with Crippen LogP contribution in [0.25, 0.3) is 11.1 Å². The molecule has 0 bridgehead atoms. The van der Waals surface area contributed by atoms with E-state index in [0.29, 0.717) is 43.4 Å². The molecule has 7 nitrogen and oxygen atoms in total. The highest BCUT2D eigenvalue weighted by atomic mass is 16.6. The van der Waals surface area contributed by atoms with Gasteiger partial charge in [-0.3, -0.25) is 0 Å². The van der Waals surface area contributed by atoms with Crippen LogP contribution in [-0.2, 0) is 17.7 Å². The van der Waals surface area contributed by atoms with Crippen LogP contribution in [0.5, 0.6) is 0 Å². The molecule has 7 heteroatoms. The predicted molar refractivity (Wildman–Crippen MR) is 101 cm³/mol. The minimum atomic E-state index is -0.334. The number of nitrogens with one attached hydrogen (secondary N) is 1. The summed E-state index contributed by atoms with van der Waals surface area (Å²) in [5.74, 6) is 3.99. The molecule has 0 saturated carbocycles. The first-order valence-electron chi connectivity index (χ1n) is 8.70. The molecule has 27 heavy (non-hydrogen) atoms. The number of hydrogen-bond donors (Lipinski definition) is 1. The van der Waals surface area contributed by atoms with Gasteiger partial charge >= 0.3 is 6.09 Å². The summed E-state index contributed by atoms with van der Waals surface area (Å²) in [5, 5.41) is 4.14. The van der Waals surface area contributed by atoms with Gasteiger partial charge in [0.1, 0.15) is 17.9 Å². The summed E-state index contributed by atoms with van der Waals surface area (Å²) < 4.78 is 11.0. The number of ether oxygens (including phenoxy) is 1. The fourth-order valence-electron chi connectivity index (χ4n) is 3.22. The number of rotatable bonds is 3. The number of nitrogens with zero attached hydrogens (tertiary/aromatic N) is 3. The Morgan fingerprint density at radius 3 is 3.15 bits per heavy atom. The number of amides is 1. The van der Waals surface area contributed by atoms with Crippen molar-refractivity contribution in [3.63, 3.8) is 0 Å². The van der Waals surface area contributed by atoms with Crippen molar-refractivity contribution in [3.05, 3.63) is 47.5 Å². The lowest BCUT2D eigenvalue weighted by molar-refractivity contribution is 0.0993. The van der Waals surface area contributed by atoms with Crippen LogP contribution in [0.15, 0.2) is 35.0 Å². The number of hydrogen-bond acceptors (Lipinski definition) is 6. The van der Waals surface area contributed by atoms with Crippen molar-refractivity contribution >= 4 is 28.7 Å². The SMILES string of the molecule is C#Cc1cccc(Nc2ncnc3oc4c(c23)CCN(C(=O)OCC)C4)c1. The number of anilines is 2. The molecule has 136 valence electrons. The lowest BCUT2D eigenvalue weighted by Crippen LogP contribution is -2.35. The molecular formula is C20H18N4O3. The Hall–Kier alpha value is -3.53. The number of carbonyl (C=O) groups is 1. The maximum absolute atomic E-state index is 12.0. The fraction of sp³-hybridized carbons (Fsp3) is 0.250. The predicted octanol–water partition coefficient (Wildman–Crippen LogP) is 3.46. The smallest absolute Gasteiger partial charge is 0.410 e. The van der Waals surface area contributed by atoms with E-state index in [1.54, 1.807) is 11.8 Å². The van der Waals surface area contributed by atoms with Gasteiger partial charge in [-0.05, 0) is 31.5 Å². The van der Waals surface area contributed by atoms with Crippen LogP contribution in [-0.4, -0.2) is 34.1 Å². The van der Waals surface area contributed by atoms with Crippen LogP contribution in [0.3, 0.4) is 0 Å². The van der Waals surface area contributed by atoms with E-state index in [0.717, 1.165) is 22.2 Å². The maximum Gasteiger partial charge on any atom is 0.410 e. The molecule has 1 aromatic carbocycles. The van der Waals surface area contributed by atoms with Crippen LogP contribution in [0.2, 0.25) is 0 Å². The Morgan fingerprint density at radius 1 is 1.44 bits per heavy atom. The summed E-state index contributed by atoms with van der Waals surface area (Å²) in [7, 11) is 0. The van der Waals surface area contributed by atoms with E-state index in [2.05, 4.69) is 21.2 Å². The Balaban J connectivity index is 1.68. The van der Waals surface area contributed by atoms with Gasteiger partial charge < -0.3 is 19.4 Å². The molecule has 4 rings (SSSR count). The zero-order chi connectivity index (χ0) is 18.8. The first-order valence-corrected chi connectivity index (χ1v) is 8.70. The molecule has 0 radical (unpaired) electrons. The van der Waals surface area contributed by atoms with Crippen molar-refractivity contribution in [2.75, 3.05) is 18.5 Å². The lowest BCUT2D eigenvalue weighted by atomic mass is 10.0. The number of terminal acetylenes is 1. The van der Waals surface area contributed by atoms with Crippen LogP contribution < -0.4 is 5.32 Å². The van der Waals surface area contributed by atoms with Crippen molar-refractivity contribution in [2.45, 2.75) is 19.9 Å². The minimum Gasteiger partial charge on any atom is -0.450 e. The van der Waals surface area contributed by atoms with Crippen molar-refractivity contribution in [3.8, 4) is 12.3 Å². The zero-order valence-electron chi connectivity index (χ0n) is 14.9. The van der Waals surface area contributed by atoms with Crippen molar-refractivity contribution in [1.29, 1.82) is 0 Å². The first kappa shape index (κ1) is 16.9. The van der Waals surface area contributed by atoms with Gasteiger partial charge in [0.15, 0.2) is 0 Å². The van der Waals surface area contributed by atoms with E-state index < -0.39 is 0 Å². The number of fused-ring (bicyclic) bond motifs is 3. The summed E-state index contributed by atoms with van der Waals surface area (Å²) in [6.07, 6.45) is 7.24. The molecule has 1 N–H and O–H groups in total. The van der Waals surface area contributed by atoms with Crippen molar-refractivity contribution < 1.29 is 13.9 Å². The molecule has 0 fully saturated rings. The van der Waals surface area contributed by atoms with Crippen LogP contribution >= 0.6 is 0 Å². The molecule has 3 aromatic rings. The highest BCUT2D eigenvalue weighted by molar-refractivity contribution is 5.92. The van der Waals surface area contributed by atoms with Gasteiger partial charge in [0.05, 0.1) is 18.5 Å². The van der Waals surface area contributed by atoms with E-state index in [-0.39, 0.29) is 6.09 Å². The van der Waals surface area contributed by atoms with Gasteiger partial charge in [0.25, 0.3) is 0 Å². The van der Waals surface area contributed by atoms with E-state index in [4.69, 9.17) is 15.6 Å². The summed E-state index contributed by atoms with van der Waals surface area (Å²) >= 11 is 0. The molecule has 3 heterocycles. The third-order valence-corrected chi connectivity index (χ3v) is 4.45. The van der Waals surface area contributed by atoms with Gasteiger partial charge in [0.2, 0.25) is 5.71 Å². The van der Waals surface area contributed by atoms with Gasteiger partial charge in [-0.2, -0.15) is 0 Å². The highest BCUT2D eigenvalue weighted by Crippen LogP contribution is 2.34. The van der Waals surface area contributed by atoms with Crippen molar-refractivity contribution in [1.82, 2.24) is 14.9 Å². The third-order valence-electron chi connectivity index (χ3n) is 4.45. The van der Waals surface area contributed by atoms with E-state index >= 15 is 0 Å². The highest BCUT2D eigenvalue weighted by Gasteiger charge is 2.28. The van der Waals surface area contributed by atoms with Crippen LogP contribution in [0.1, 0.15) is 23.8 Å². The maximum atomic E-state index is 12.0. The zero-order valence-corrected chi connectivity index (χ0v) is 14.9. The normalized spacial score (nSPS) is 13.1. The second-order valence-electron chi connectivity index (χ2n) is 6.13. The number of aromatic nitrogens is 2. The number of benzene rings is 1. The molecule has 0 spiro atoms. The Morgan fingerprint density at radius 2 is 2.33 bits per heavy atom. The second-order valence-corrected chi connectivity index (χ2v) is 6.13. The van der Waals surface area contributed by atoms with Gasteiger partial charge in [-0.15, -0.1) is 6.42 Å². The van der Waals surface area contributed by atoms with Gasteiger partial charge in [0, 0.05) is 23.4 Å². The standard InChI is InChI=1S/C20H18N4O3/c1-3-13-6-5-7-14(10-13)23-18-17-15-8-9-24(20(25)26-4-2)11-16(15)27-19(17)22-12-21-18/h1,5-7,10,12H,4,8-9,11H2,2H3,(H,21,22,23). The van der Waals surface area contributed by atoms with Gasteiger partial charge in [-0.25, -0.2) is 14.8 Å². The fourth-order valence-corrected chi connectivity index (χ4v) is 3.22. The molecule has 1 aliphatic rings. The Labute approximate surface area is 156 Å². The third kappa shape index (κ3) is 3.17. The van der Waals surface area contributed by atoms with E-state index in [1.165, 1.54) is 6.33 Å². The largest absolute Gasteiger partial charge is 0.450 e. The quantitative estimate of drug-likeness (QED) is 0.719. The first-order chi connectivity index (χ1) is 13.2. The summed E-state index contributed by atoms with van der Waals surface area (Å²) in [6.45, 7) is 3.05. The van der Waals surface area contributed by atoms with Crippen LogP contribution in [0.4, 0.5) is 16.3 Å². The van der Waals surface area contributed by atoms with Crippen molar-refractivity contribution in [2.24, 2.45) is 0 Å². The average molecular weight is 362 g/mol. The minimum absolute atomic E-state index is 0.334. The molecule has 0 atom stereocenters. The van der Waals surface area contributed by atoms with E-state index in [9.17, 15) is 4.79 Å². The molecule has 1 amide bonds. The Kier molecular flexibility index (Phi) is 4.38. The summed E-state index contributed by atoms with van der Waals surface area (Å²) in [4.78, 5) is 22.3. The average Bonchev–Trinajstić information content (AvgIpc) is 3.07. The molecule has 2 aromatic heterocycles. The lowest BCUT2D eigenvalue weighted by Gasteiger charge is -2.25. The number of furan rings is 1. The van der Waals surface area contributed by atoms with Crippen LogP contribution in [0, 0.1) is 12.3 Å². The summed E-state index contributed by atoms with van der Waals surface area (Å²) in [6, 6.07) is 7.55. The molecule has 0 aliphatic carbocycles. The monoisotopic (exact) mass is 362 g/mol. The molecule has 0 unspecified atom stereocenters. The molecular weight excluding hydrogens is 344 g/mol. The summed E-state index contributed by atoms with van der Waals surface area (Å²) in [5.41, 5.74) is 3.13. The number of carbonyl (C=O) groups excluding carboxylic acids is 1. The molecule has 1 aliphatic heterocycles. The van der Waals surface area contributed by atoms with E-state index in [1.807, 2.05) is 24.3 Å². The van der Waals surface area contributed by atoms with Gasteiger partial charge in [-0.1, -0.05) is 12.0 Å². The Bertz CT molecular complexity index is 1050. The second kappa shape index (κ2) is 7.00.